The first-order valence-electron chi connectivity index (χ1n) is 9.40. The van der Waals surface area contributed by atoms with Crippen LogP contribution in [-0.2, 0) is 17.4 Å². The Balaban J connectivity index is 1.82. The second-order valence-corrected chi connectivity index (χ2v) is 7.13. The van der Waals surface area contributed by atoms with Gasteiger partial charge >= 0.3 is 6.18 Å². The van der Waals surface area contributed by atoms with Gasteiger partial charge in [0.2, 0.25) is 5.91 Å². The number of halogens is 4. The van der Waals surface area contributed by atoms with Crippen LogP contribution in [0.15, 0.2) is 42.9 Å². The highest BCUT2D eigenvalue weighted by molar-refractivity contribution is 5.98. The van der Waals surface area contributed by atoms with Gasteiger partial charge in [0, 0.05) is 18.3 Å². The molecule has 0 saturated carbocycles. The van der Waals surface area contributed by atoms with Crippen LogP contribution in [-0.4, -0.2) is 33.3 Å². The van der Waals surface area contributed by atoms with E-state index in [-0.39, 0.29) is 22.9 Å². The van der Waals surface area contributed by atoms with Gasteiger partial charge in [-0.15, -0.1) is 0 Å². The van der Waals surface area contributed by atoms with Crippen molar-refractivity contribution in [2.75, 3.05) is 6.54 Å². The van der Waals surface area contributed by atoms with Crippen LogP contribution in [0.1, 0.15) is 38.7 Å². The molecule has 0 saturated heterocycles. The van der Waals surface area contributed by atoms with E-state index in [2.05, 4.69) is 20.3 Å². The van der Waals surface area contributed by atoms with Crippen molar-refractivity contribution in [2.24, 2.45) is 5.73 Å². The standard InChI is InChI=1S/C21H15F4N5O2/c22-12-6-10(5-11(7-12)21(23,24)25)17(19(26)31)15-8-16(30-9-29-15)18-13-1-4-28-20(32)14(13)2-3-27-18/h2-3,5-9,17H,1,4H2,(H2,26,31)(H,28,32). The summed E-state index contributed by atoms with van der Waals surface area (Å²) in [6.45, 7) is 0.399. The molecule has 7 nitrogen and oxygen atoms in total. The van der Waals surface area contributed by atoms with Crippen molar-refractivity contribution in [2.45, 2.75) is 18.5 Å². The van der Waals surface area contributed by atoms with Gasteiger partial charge in [0.25, 0.3) is 5.91 Å². The zero-order valence-electron chi connectivity index (χ0n) is 16.3. The van der Waals surface area contributed by atoms with E-state index >= 15 is 0 Å². The third-order valence-corrected chi connectivity index (χ3v) is 5.05. The minimum atomic E-state index is -4.82. The molecule has 0 radical (unpaired) electrons. The summed E-state index contributed by atoms with van der Waals surface area (Å²) in [5.41, 5.74) is 5.57. The largest absolute Gasteiger partial charge is 0.416 e. The molecule has 1 aliphatic rings. The molecule has 3 aromatic rings. The van der Waals surface area contributed by atoms with Crippen LogP contribution in [0.3, 0.4) is 0 Å². The Bertz CT molecular complexity index is 1230. The number of rotatable bonds is 4. The molecular formula is C21H15F4N5O2. The van der Waals surface area contributed by atoms with E-state index in [0.717, 1.165) is 12.4 Å². The van der Waals surface area contributed by atoms with Crippen molar-refractivity contribution in [3.63, 3.8) is 0 Å². The quantitative estimate of drug-likeness (QED) is 0.600. The number of carbonyl (C=O) groups is 2. The zero-order chi connectivity index (χ0) is 23.0. The molecule has 1 aromatic carbocycles. The average Bonchev–Trinajstić information content (AvgIpc) is 2.73. The third kappa shape index (κ3) is 4.01. The number of hydrogen-bond acceptors (Lipinski definition) is 5. The maximum Gasteiger partial charge on any atom is 0.416 e. The molecule has 0 aliphatic carbocycles. The number of hydrogen-bond donors (Lipinski definition) is 2. The summed E-state index contributed by atoms with van der Waals surface area (Å²) in [6.07, 6.45) is -1.80. The Hall–Kier alpha value is -3.89. The van der Waals surface area contributed by atoms with Crippen molar-refractivity contribution in [1.29, 1.82) is 0 Å². The number of carbonyl (C=O) groups excluding carboxylic acids is 2. The predicted octanol–water partition coefficient (Wildman–Crippen LogP) is 2.60. The van der Waals surface area contributed by atoms with Gasteiger partial charge < -0.3 is 11.1 Å². The Morgan fingerprint density at radius 3 is 2.62 bits per heavy atom. The Labute approximate surface area is 178 Å². The number of amides is 2. The first kappa shape index (κ1) is 21.3. The van der Waals surface area contributed by atoms with Crippen LogP contribution in [0.4, 0.5) is 17.6 Å². The summed E-state index contributed by atoms with van der Waals surface area (Å²) in [5.74, 6) is -3.91. The molecule has 0 bridgehead atoms. The fourth-order valence-corrected chi connectivity index (χ4v) is 3.66. The van der Waals surface area contributed by atoms with Crippen LogP contribution < -0.4 is 11.1 Å². The van der Waals surface area contributed by atoms with Crippen LogP contribution in [0.5, 0.6) is 0 Å². The number of nitrogens with one attached hydrogen (secondary N) is 1. The number of benzene rings is 1. The van der Waals surface area contributed by atoms with Crippen LogP contribution in [0, 0.1) is 5.82 Å². The molecule has 3 N–H and O–H groups in total. The molecule has 0 fully saturated rings. The number of nitrogens with two attached hydrogens (primary N) is 1. The number of fused-ring (bicyclic) bond motifs is 1. The summed E-state index contributed by atoms with van der Waals surface area (Å²) >= 11 is 0. The molecule has 0 spiro atoms. The molecule has 164 valence electrons. The third-order valence-electron chi connectivity index (χ3n) is 5.05. The fourth-order valence-electron chi connectivity index (χ4n) is 3.66. The lowest BCUT2D eigenvalue weighted by molar-refractivity contribution is -0.138. The van der Waals surface area contributed by atoms with Crippen molar-refractivity contribution in [3.8, 4) is 11.4 Å². The monoisotopic (exact) mass is 445 g/mol. The van der Waals surface area contributed by atoms with E-state index in [1.807, 2.05) is 0 Å². The van der Waals surface area contributed by atoms with E-state index < -0.39 is 29.4 Å². The van der Waals surface area contributed by atoms with E-state index in [4.69, 9.17) is 5.73 Å². The highest BCUT2D eigenvalue weighted by atomic mass is 19.4. The summed E-state index contributed by atoms with van der Waals surface area (Å²) < 4.78 is 53.4. The normalized spacial score (nSPS) is 14.4. The lowest BCUT2D eigenvalue weighted by Gasteiger charge is -2.19. The smallest absolute Gasteiger partial charge is 0.369 e. The topological polar surface area (TPSA) is 111 Å². The van der Waals surface area contributed by atoms with Gasteiger partial charge in [-0.2, -0.15) is 13.2 Å². The minimum Gasteiger partial charge on any atom is -0.369 e. The van der Waals surface area contributed by atoms with Gasteiger partial charge in [0.1, 0.15) is 18.1 Å². The Morgan fingerprint density at radius 2 is 1.91 bits per heavy atom. The van der Waals surface area contributed by atoms with Crippen molar-refractivity contribution < 1.29 is 27.2 Å². The predicted molar refractivity (Wildman–Crippen MR) is 104 cm³/mol. The number of aromatic nitrogens is 3. The van der Waals surface area contributed by atoms with Crippen molar-refractivity contribution >= 4 is 11.8 Å². The first-order chi connectivity index (χ1) is 15.1. The molecule has 32 heavy (non-hydrogen) atoms. The van der Waals surface area contributed by atoms with Gasteiger partial charge in [0.05, 0.1) is 22.6 Å². The second-order valence-electron chi connectivity index (χ2n) is 7.13. The number of nitrogens with zero attached hydrogens (tertiary/aromatic N) is 3. The van der Waals surface area contributed by atoms with Gasteiger partial charge in [-0.3, -0.25) is 14.6 Å². The molecule has 4 rings (SSSR count). The SMILES string of the molecule is NC(=O)C(c1cc(F)cc(C(F)(F)F)c1)c1cc(-c2nccc3c2CCNC3=O)ncn1. The first-order valence-corrected chi connectivity index (χ1v) is 9.40. The molecule has 2 amide bonds. The van der Waals surface area contributed by atoms with Gasteiger partial charge in [0.15, 0.2) is 0 Å². The van der Waals surface area contributed by atoms with E-state index in [1.54, 1.807) is 6.07 Å². The zero-order valence-corrected chi connectivity index (χ0v) is 16.3. The summed E-state index contributed by atoms with van der Waals surface area (Å²) in [6, 6.07) is 4.71. The molecule has 1 atom stereocenters. The summed E-state index contributed by atoms with van der Waals surface area (Å²) in [7, 11) is 0. The lowest BCUT2D eigenvalue weighted by Crippen LogP contribution is -2.32. The Morgan fingerprint density at radius 1 is 1.12 bits per heavy atom. The fraction of sp³-hybridized carbons (Fsp3) is 0.190. The van der Waals surface area contributed by atoms with Crippen molar-refractivity contribution in [1.82, 2.24) is 20.3 Å². The highest BCUT2D eigenvalue weighted by Crippen LogP contribution is 2.34. The molecule has 3 heterocycles. The van der Waals surface area contributed by atoms with E-state index in [1.165, 1.54) is 12.3 Å². The second kappa shape index (κ2) is 7.98. The van der Waals surface area contributed by atoms with Crippen LogP contribution in [0.25, 0.3) is 11.4 Å². The lowest BCUT2D eigenvalue weighted by atomic mass is 9.91. The van der Waals surface area contributed by atoms with Gasteiger partial charge in [-0.1, -0.05) is 0 Å². The maximum absolute atomic E-state index is 13.9. The molecular weight excluding hydrogens is 430 g/mol. The van der Waals surface area contributed by atoms with Gasteiger partial charge in [-0.25, -0.2) is 14.4 Å². The summed E-state index contributed by atoms with van der Waals surface area (Å²) in [5, 5.41) is 2.72. The van der Waals surface area contributed by atoms with Crippen LogP contribution >= 0.6 is 0 Å². The van der Waals surface area contributed by atoms with E-state index in [0.29, 0.717) is 41.9 Å². The number of alkyl halides is 3. The van der Waals surface area contributed by atoms with E-state index in [9.17, 15) is 27.2 Å². The average molecular weight is 445 g/mol. The van der Waals surface area contributed by atoms with Crippen LogP contribution in [0.2, 0.25) is 0 Å². The molecule has 11 heteroatoms. The molecule has 2 aromatic heterocycles. The van der Waals surface area contributed by atoms with Crippen molar-refractivity contribution in [3.05, 3.63) is 76.6 Å². The number of pyridine rings is 1. The minimum absolute atomic E-state index is 0.0270. The number of primary amides is 1. The summed E-state index contributed by atoms with van der Waals surface area (Å²) in [4.78, 5) is 36.7. The Kier molecular flexibility index (Phi) is 5.33. The maximum atomic E-state index is 13.9. The molecule has 1 unspecified atom stereocenters. The highest BCUT2D eigenvalue weighted by Gasteiger charge is 2.33. The van der Waals surface area contributed by atoms with Gasteiger partial charge in [-0.05, 0) is 47.9 Å². The molecule has 1 aliphatic heterocycles.